The Morgan fingerprint density at radius 2 is 2.00 bits per heavy atom. The number of hydrogen-bond acceptors (Lipinski definition) is 5. The van der Waals surface area contributed by atoms with E-state index in [1.54, 1.807) is 29.2 Å². The first kappa shape index (κ1) is 21.0. The standard InChI is InChI=1S/C22H26FN5O3/c1-15-12-20(25-16(2)24-15)31-17-6-5-9-26(13-17)21(29)14-27-10-11-28(22(27)30)19-8-4-3-7-18(19)23/h3-4,7-8,12,17H,5-6,9-11,13-14H2,1-2H3/t17-/m0/s1. The van der Waals surface area contributed by atoms with Crippen molar-refractivity contribution in [2.45, 2.75) is 32.8 Å². The normalized spacial score (nSPS) is 19.1. The summed E-state index contributed by atoms with van der Waals surface area (Å²) in [6, 6.07) is 7.60. The fourth-order valence-electron chi connectivity index (χ4n) is 4.06. The Morgan fingerprint density at radius 1 is 1.19 bits per heavy atom. The molecule has 3 amide bonds. The lowest BCUT2D eigenvalue weighted by Gasteiger charge is -2.33. The Hall–Kier alpha value is -3.23. The van der Waals surface area contributed by atoms with E-state index in [0.717, 1.165) is 18.5 Å². The minimum atomic E-state index is -0.449. The van der Waals surface area contributed by atoms with Crippen LogP contribution in [-0.4, -0.2) is 70.5 Å². The topological polar surface area (TPSA) is 78.9 Å². The quantitative estimate of drug-likeness (QED) is 0.733. The van der Waals surface area contributed by atoms with E-state index < -0.39 is 5.82 Å². The second-order valence-corrected chi connectivity index (χ2v) is 7.92. The van der Waals surface area contributed by atoms with Crippen LogP contribution in [0.2, 0.25) is 0 Å². The molecule has 0 N–H and O–H groups in total. The van der Waals surface area contributed by atoms with Gasteiger partial charge in [0.2, 0.25) is 11.8 Å². The van der Waals surface area contributed by atoms with Crippen LogP contribution in [0.4, 0.5) is 14.9 Å². The van der Waals surface area contributed by atoms with Crippen LogP contribution in [0.1, 0.15) is 24.4 Å². The molecule has 0 radical (unpaired) electrons. The van der Waals surface area contributed by atoms with Gasteiger partial charge >= 0.3 is 6.03 Å². The highest BCUT2D eigenvalue weighted by atomic mass is 19.1. The largest absolute Gasteiger partial charge is 0.472 e. The van der Waals surface area contributed by atoms with Crippen molar-refractivity contribution >= 4 is 17.6 Å². The number of benzene rings is 1. The number of halogens is 1. The molecule has 4 rings (SSSR count). The van der Waals surface area contributed by atoms with Crippen LogP contribution in [0.15, 0.2) is 30.3 Å². The van der Waals surface area contributed by atoms with Gasteiger partial charge in [-0.3, -0.25) is 9.69 Å². The minimum Gasteiger partial charge on any atom is -0.472 e. The van der Waals surface area contributed by atoms with Crippen molar-refractivity contribution in [3.8, 4) is 5.88 Å². The molecular formula is C22H26FN5O3. The summed E-state index contributed by atoms with van der Waals surface area (Å²) in [5, 5.41) is 0. The van der Waals surface area contributed by atoms with Crippen LogP contribution in [-0.2, 0) is 4.79 Å². The lowest BCUT2D eigenvalue weighted by molar-refractivity contribution is -0.134. The third kappa shape index (κ3) is 4.76. The molecule has 0 bridgehead atoms. The maximum atomic E-state index is 14.1. The van der Waals surface area contributed by atoms with E-state index in [4.69, 9.17) is 4.74 Å². The number of nitrogens with zero attached hydrogens (tertiary/aromatic N) is 5. The summed E-state index contributed by atoms with van der Waals surface area (Å²) in [5.74, 6) is 0.576. The van der Waals surface area contributed by atoms with Crippen LogP contribution in [0, 0.1) is 19.7 Å². The number of aryl methyl sites for hydroxylation is 2. The van der Waals surface area contributed by atoms with E-state index in [1.165, 1.54) is 15.9 Å². The molecule has 2 aromatic rings. The number of hydrogen-bond donors (Lipinski definition) is 0. The van der Waals surface area contributed by atoms with Crippen LogP contribution in [0.5, 0.6) is 5.88 Å². The lowest BCUT2D eigenvalue weighted by atomic mass is 10.1. The van der Waals surface area contributed by atoms with Crippen molar-refractivity contribution in [1.29, 1.82) is 0 Å². The Kier molecular flexibility index (Phi) is 6.01. The molecule has 1 aromatic heterocycles. The monoisotopic (exact) mass is 427 g/mol. The molecular weight excluding hydrogens is 401 g/mol. The van der Waals surface area contributed by atoms with Crippen LogP contribution < -0.4 is 9.64 Å². The number of carbonyl (C=O) groups is 2. The first-order chi connectivity index (χ1) is 14.9. The van der Waals surface area contributed by atoms with Gasteiger partial charge in [0.25, 0.3) is 0 Å². The van der Waals surface area contributed by atoms with Gasteiger partial charge in [0.05, 0.1) is 12.2 Å². The van der Waals surface area contributed by atoms with Crippen molar-refractivity contribution in [3.05, 3.63) is 47.7 Å². The Morgan fingerprint density at radius 3 is 2.77 bits per heavy atom. The number of likely N-dealkylation sites (tertiary alicyclic amines) is 1. The van der Waals surface area contributed by atoms with E-state index in [1.807, 2.05) is 13.8 Å². The molecule has 0 unspecified atom stereocenters. The van der Waals surface area contributed by atoms with E-state index in [0.29, 0.717) is 37.9 Å². The highest BCUT2D eigenvalue weighted by molar-refractivity contribution is 5.96. The molecule has 9 heteroatoms. The number of ether oxygens (including phenoxy) is 1. The highest BCUT2D eigenvalue weighted by Gasteiger charge is 2.34. The van der Waals surface area contributed by atoms with E-state index in [9.17, 15) is 14.0 Å². The zero-order chi connectivity index (χ0) is 22.0. The molecule has 0 spiro atoms. The van der Waals surface area contributed by atoms with E-state index in [2.05, 4.69) is 9.97 Å². The SMILES string of the molecule is Cc1cc(O[C@H]2CCCN(C(=O)CN3CCN(c4ccccc4F)C3=O)C2)nc(C)n1. The third-order valence-electron chi connectivity index (χ3n) is 5.53. The van der Waals surface area contributed by atoms with Gasteiger partial charge in [-0.15, -0.1) is 0 Å². The molecule has 3 heterocycles. The van der Waals surface area contributed by atoms with Crippen LogP contribution >= 0.6 is 0 Å². The molecule has 2 aliphatic heterocycles. The molecule has 2 saturated heterocycles. The van der Waals surface area contributed by atoms with Crippen molar-refractivity contribution in [1.82, 2.24) is 19.8 Å². The zero-order valence-electron chi connectivity index (χ0n) is 17.8. The number of para-hydroxylation sites is 1. The van der Waals surface area contributed by atoms with Gasteiger partial charge in [0.1, 0.15) is 24.3 Å². The number of rotatable bonds is 5. The van der Waals surface area contributed by atoms with Crippen LogP contribution in [0.25, 0.3) is 0 Å². The number of aromatic nitrogens is 2. The Bertz CT molecular complexity index is 965. The summed E-state index contributed by atoms with van der Waals surface area (Å²) in [5.41, 5.74) is 1.07. The van der Waals surface area contributed by atoms with Gasteiger partial charge in [0.15, 0.2) is 0 Å². The van der Waals surface area contributed by atoms with Gasteiger partial charge in [-0.05, 0) is 38.8 Å². The first-order valence-corrected chi connectivity index (χ1v) is 10.5. The molecule has 1 atom stereocenters. The second kappa shape index (κ2) is 8.87. The van der Waals surface area contributed by atoms with Crippen LogP contribution in [0.3, 0.4) is 0 Å². The van der Waals surface area contributed by atoms with E-state index >= 15 is 0 Å². The van der Waals surface area contributed by atoms with Gasteiger partial charge in [0, 0.05) is 31.4 Å². The zero-order valence-corrected chi connectivity index (χ0v) is 17.8. The molecule has 1 aromatic carbocycles. The van der Waals surface area contributed by atoms with Crippen molar-refractivity contribution < 1.29 is 18.7 Å². The highest BCUT2D eigenvalue weighted by Crippen LogP contribution is 2.24. The summed E-state index contributed by atoms with van der Waals surface area (Å²) < 4.78 is 20.1. The molecule has 31 heavy (non-hydrogen) atoms. The average molecular weight is 427 g/mol. The summed E-state index contributed by atoms with van der Waals surface area (Å²) >= 11 is 0. The number of urea groups is 1. The summed E-state index contributed by atoms with van der Waals surface area (Å²) in [7, 11) is 0. The second-order valence-electron chi connectivity index (χ2n) is 7.92. The summed E-state index contributed by atoms with van der Waals surface area (Å²) in [4.78, 5) is 38.7. The Labute approximate surface area is 180 Å². The maximum Gasteiger partial charge on any atom is 0.325 e. The summed E-state index contributed by atoms with van der Waals surface area (Å²) in [6.07, 6.45) is 1.49. The molecule has 2 aliphatic rings. The van der Waals surface area contributed by atoms with Crippen molar-refractivity contribution in [2.24, 2.45) is 0 Å². The number of amides is 3. The Balaban J connectivity index is 1.35. The molecule has 164 valence electrons. The van der Waals surface area contributed by atoms with Gasteiger partial charge in [-0.25, -0.2) is 14.2 Å². The molecule has 0 aliphatic carbocycles. The number of carbonyl (C=O) groups excluding carboxylic acids is 2. The van der Waals surface area contributed by atoms with E-state index in [-0.39, 0.29) is 30.3 Å². The molecule has 2 fully saturated rings. The molecule has 0 saturated carbocycles. The molecule has 8 nitrogen and oxygen atoms in total. The lowest BCUT2D eigenvalue weighted by Crippen LogP contribution is -2.48. The van der Waals surface area contributed by atoms with Gasteiger partial charge in [-0.1, -0.05) is 12.1 Å². The van der Waals surface area contributed by atoms with Crippen molar-refractivity contribution in [2.75, 3.05) is 37.6 Å². The van der Waals surface area contributed by atoms with Gasteiger partial charge < -0.3 is 14.5 Å². The first-order valence-electron chi connectivity index (χ1n) is 10.5. The predicted octanol–water partition coefficient (Wildman–Crippen LogP) is 2.54. The fourth-order valence-corrected chi connectivity index (χ4v) is 4.06. The van der Waals surface area contributed by atoms with Crippen molar-refractivity contribution in [3.63, 3.8) is 0 Å². The minimum absolute atomic E-state index is 0.0256. The summed E-state index contributed by atoms with van der Waals surface area (Å²) in [6.45, 7) is 5.48. The predicted molar refractivity (Wildman–Crippen MR) is 112 cm³/mol. The van der Waals surface area contributed by atoms with Gasteiger partial charge in [-0.2, -0.15) is 4.98 Å². The fraction of sp³-hybridized carbons (Fsp3) is 0.455. The number of anilines is 1. The number of piperidine rings is 1. The average Bonchev–Trinajstić information content (AvgIpc) is 3.08. The smallest absolute Gasteiger partial charge is 0.325 e. The third-order valence-corrected chi connectivity index (χ3v) is 5.53. The maximum absolute atomic E-state index is 14.1.